The van der Waals surface area contributed by atoms with Crippen molar-refractivity contribution in [1.29, 1.82) is 0 Å². The Labute approximate surface area is 167 Å². The summed E-state index contributed by atoms with van der Waals surface area (Å²) in [5.41, 5.74) is 0.435. The van der Waals surface area contributed by atoms with Crippen LogP contribution in [-0.2, 0) is 4.74 Å². The van der Waals surface area contributed by atoms with Crippen LogP contribution in [0.3, 0.4) is 0 Å². The number of hydrogen-bond acceptors (Lipinski definition) is 5. The second-order valence-corrected chi connectivity index (χ2v) is 6.13. The molecule has 0 radical (unpaired) electrons. The molecule has 0 unspecified atom stereocenters. The summed E-state index contributed by atoms with van der Waals surface area (Å²) >= 11 is 5.90. The van der Waals surface area contributed by atoms with Gasteiger partial charge >= 0.3 is 11.9 Å². The highest BCUT2D eigenvalue weighted by Gasteiger charge is 2.17. The zero-order chi connectivity index (χ0) is 19.8. The minimum Gasteiger partial charge on any atom is -0.490 e. The molecule has 0 fully saturated rings. The Morgan fingerprint density at radius 2 is 1.54 bits per heavy atom. The van der Waals surface area contributed by atoms with Crippen molar-refractivity contribution in [3.63, 3.8) is 0 Å². The molecule has 0 aliphatic carbocycles. The van der Waals surface area contributed by atoms with Crippen molar-refractivity contribution in [3.05, 3.63) is 95.0 Å². The molecule has 3 aromatic carbocycles. The average Bonchev–Trinajstić information content (AvgIpc) is 2.72. The monoisotopic (exact) mass is 396 g/mol. The van der Waals surface area contributed by atoms with Crippen LogP contribution < -0.4 is 9.47 Å². The number of carbonyl (C=O) groups is 2. The predicted molar refractivity (Wildman–Crippen MR) is 105 cm³/mol. The lowest BCUT2D eigenvalue weighted by atomic mass is 10.2. The number of esters is 2. The van der Waals surface area contributed by atoms with Crippen LogP contribution >= 0.6 is 11.6 Å². The molecule has 0 saturated carbocycles. The number of carbonyl (C=O) groups excluding carboxylic acids is 2. The van der Waals surface area contributed by atoms with E-state index in [0.717, 1.165) is 0 Å². The van der Waals surface area contributed by atoms with Crippen molar-refractivity contribution in [3.8, 4) is 11.5 Å². The molecule has 0 heterocycles. The largest absolute Gasteiger partial charge is 0.490 e. The van der Waals surface area contributed by atoms with Crippen molar-refractivity contribution in [2.75, 3.05) is 13.2 Å². The molecule has 0 aliphatic heterocycles. The fourth-order valence-corrected chi connectivity index (χ4v) is 2.58. The van der Waals surface area contributed by atoms with Gasteiger partial charge in [0, 0.05) is 5.02 Å². The average molecular weight is 397 g/mol. The van der Waals surface area contributed by atoms with Crippen LogP contribution in [0.4, 0.5) is 0 Å². The molecule has 0 spiro atoms. The maximum absolute atomic E-state index is 12.4. The number of ether oxygens (including phenoxy) is 3. The van der Waals surface area contributed by atoms with Crippen molar-refractivity contribution >= 4 is 23.5 Å². The summed E-state index contributed by atoms with van der Waals surface area (Å²) in [5.74, 6) is -0.419. The summed E-state index contributed by atoms with van der Waals surface area (Å²) in [6, 6.07) is 22.0. The van der Waals surface area contributed by atoms with Crippen LogP contribution in [0, 0.1) is 0 Å². The second kappa shape index (κ2) is 9.58. The molecule has 3 rings (SSSR count). The SMILES string of the molecule is O=C(Oc1ccccc1C(=O)OCCOc1ccccc1)c1cccc(Cl)c1. The molecule has 0 aliphatic rings. The topological polar surface area (TPSA) is 61.8 Å². The van der Waals surface area contributed by atoms with E-state index in [1.165, 1.54) is 18.2 Å². The maximum Gasteiger partial charge on any atom is 0.343 e. The highest BCUT2D eigenvalue weighted by molar-refractivity contribution is 6.30. The quantitative estimate of drug-likeness (QED) is 0.326. The molecule has 0 aromatic heterocycles. The Balaban J connectivity index is 1.59. The molecular weight excluding hydrogens is 380 g/mol. The highest BCUT2D eigenvalue weighted by atomic mass is 35.5. The number of para-hydroxylation sites is 2. The van der Waals surface area contributed by atoms with Crippen molar-refractivity contribution in [1.82, 2.24) is 0 Å². The molecule has 0 saturated heterocycles. The van der Waals surface area contributed by atoms with E-state index < -0.39 is 11.9 Å². The van der Waals surface area contributed by atoms with Gasteiger partial charge in [-0.2, -0.15) is 0 Å². The van der Waals surface area contributed by atoms with Crippen LogP contribution in [0.25, 0.3) is 0 Å². The van der Waals surface area contributed by atoms with Crippen LogP contribution in [0.2, 0.25) is 5.02 Å². The first-order valence-electron chi connectivity index (χ1n) is 8.55. The fraction of sp³-hybridized carbons (Fsp3) is 0.0909. The van der Waals surface area contributed by atoms with Crippen molar-refractivity contribution in [2.24, 2.45) is 0 Å². The van der Waals surface area contributed by atoms with E-state index in [1.54, 1.807) is 30.3 Å². The minimum atomic E-state index is -0.616. The van der Waals surface area contributed by atoms with Crippen LogP contribution in [-0.4, -0.2) is 25.2 Å². The normalized spacial score (nSPS) is 10.2. The lowest BCUT2D eigenvalue weighted by Crippen LogP contribution is -2.15. The van der Waals surface area contributed by atoms with E-state index in [-0.39, 0.29) is 30.1 Å². The third kappa shape index (κ3) is 5.34. The van der Waals surface area contributed by atoms with Gasteiger partial charge in [-0.25, -0.2) is 9.59 Å². The number of rotatable bonds is 7. The van der Waals surface area contributed by atoms with Gasteiger partial charge in [-0.05, 0) is 42.5 Å². The smallest absolute Gasteiger partial charge is 0.343 e. The lowest BCUT2D eigenvalue weighted by Gasteiger charge is -2.11. The molecule has 6 heteroatoms. The lowest BCUT2D eigenvalue weighted by molar-refractivity contribution is 0.0445. The van der Waals surface area contributed by atoms with Gasteiger partial charge in [-0.15, -0.1) is 0 Å². The van der Waals surface area contributed by atoms with Gasteiger partial charge in [0.25, 0.3) is 0 Å². The van der Waals surface area contributed by atoms with E-state index >= 15 is 0 Å². The molecule has 5 nitrogen and oxygen atoms in total. The molecule has 28 heavy (non-hydrogen) atoms. The fourth-order valence-electron chi connectivity index (χ4n) is 2.39. The van der Waals surface area contributed by atoms with E-state index in [2.05, 4.69) is 0 Å². The molecular formula is C22H17ClO5. The molecule has 3 aromatic rings. The zero-order valence-electron chi connectivity index (χ0n) is 14.8. The van der Waals surface area contributed by atoms with Gasteiger partial charge in [0.2, 0.25) is 0 Å². The van der Waals surface area contributed by atoms with E-state index in [1.807, 2.05) is 30.3 Å². The third-order valence-electron chi connectivity index (χ3n) is 3.70. The molecule has 0 atom stereocenters. The Hall–Kier alpha value is -3.31. The minimum absolute atomic E-state index is 0.0598. The first kappa shape index (κ1) is 19.5. The Morgan fingerprint density at radius 1 is 0.786 bits per heavy atom. The maximum atomic E-state index is 12.4. The summed E-state index contributed by atoms with van der Waals surface area (Å²) < 4.78 is 16.1. The van der Waals surface area contributed by atoms with Crippen molar-refractivity contribution in [2.45, 2.75) is 0 Å². The predicted octanol–water partition coefficient (Wildman–Crippen LogP) is 4.80. The van der Waals surface area contributed by atoms with Gasteiger partial charge in [-0.3, -0.25) is 0 Å². The van der Waals surface area contributed by atoms with Gasteiger partial charge in [-0.1, -0.05) is 48.0 Å². The molecule has 0 N–H and O–H groups in total. The molecule has 142 valence electrons. The Morgan fingerprint density at radius 3 is 2.32 bits per heavy atom. The number of benzene rings is 3. The number of halogens is 1. The first-order chi connectivity index (χ1) is 13.6. The van der Waals surface area contributed by atoms with Crippen LogP contribution in [0.5, 0.6) is 11.5 Å². The van der Waals surface area contributed by atoms with Gasteiger partial charge < -0.3 is 14.2 Å². The van der Waals surface area contributed by atoms with E-state index in [0.29, 0.717) is 10.8 Å². The Bertz CT molecular complexity index is 956. The summed E-state index contributed by atoms with van der Waals surface area (Å²) in [6.45, 7) is 0.268. The highest BCUT2D eigenvalue weighted by Crippen LogP contribution is 2.21. The van der Waals surface area contributed by atoms with Crippen LogP contribution in [0.1, 0.15) is 20.7 Å². The zero-order valence-corrected chi connectivity index (χ0v) is 15.6. The summed E-state index contributed by atoms with van der Waals surface area (Å²) in [4.78, 5) is 24.7. The van der Waals surface area contributed by atoms with E-state index in [4.69, 9.17) is 25.8 Å². The summed E-state index contributed by atoms with van der Waals surface area (Å²) in [6.07, 6.45) is 0. The van der Waals surface area contributed by atoms with Gasteiger partial charge in [0.05, 0.1) is 5.56 Å². The Kier molecular flexibility index (Phi) is 6.65. The van der Waals surface area contributed by atoms with Gasteiger partial charge in [0.1, 0.15) is 30.3 Å². The van der Waals surface area contributed by atoms with Crippen molar-refractivity contribution < 1.29 is 23.8 Å². The standard InChI is InChI=1S/C22H17ClO5/c23-17-8-6-7-16(15-17)21(24)28-20-12-5-4-11-19(20)22(25)27-14-13-26-18-9-2-1-3-10-18/h1-12,15H,13-14H2. The third-order valence-corrected chi connectivity index (χ3v) is 3.93. The van der Waals surface area contributed by atoms with Gasteiger partial charge in [0.15, 0.2) is 0 Å². The van der Waals surface area contributed by atoms with E-state index in [9.17, 15) is 9.59 Å². The first-order valence-corrected chi connectivity index (χ1v) is 8.93. The molecule has 0 amide bonds. The molecule has 0 bridgehead atoms. The second-order valence-electron chi connectivity index (χ2n) is 5.69. The summed E-state index contributed by atoms with van der Waals surface area (Å²) in [5, 5.41) is 0.417. The summed E-state index contributed by atoms with van der Waals surface area (Å²) in [7, 11) is 0. The number of hydrogen-bond donors (Lipinski definition) is 0. The van der Waals surface area contributed by atoms with Crippen LogP contribution in [0.15, 0.2) is 78.9 Å².